The fourth-order valence-electron chi connectivity index (χ4n) is 2.03. The highest BCUT2D eigenvalue weighted by molar-refractivity contribution is 6.00. The van der Waals surface area contributed by atoms with Gasteiger partial charge in [0.15, 0.2) is 5.78 Å². The first-order chi connectivity index (χ1) is 10.1. The number of para-hydroxylation sites is 1. The molecule has 0 bridgehead atoms. The zero-order chi connectivity index (χ0) is 15.2. The molecule has 0 aliphatic carbocycles. The highest BCUT2D eigenvalue weighted by atomic mass is 16.2. The number of anilines is 1. The Labute approximate surface area is 125 Å². The molecule has 0 aromatic heterocycles. The Hall–Kier alpha value is -2.42. The van der Waals surface area contributed by atoms with Gasteiger partial charge in [0.2, 0.25) is 5.91 Å². The quantitative estimate of drug-likeness (QED) is 0.845. The number of amides is 1. The van der Waals surface area contributed by atoms with E-state index < -0.39 is 0 Å². The number of Topliss-reactive ketones (excluding diaryl/α,β-unsaturated/α-hetero) is 1. The Balaban J connectivity index is 1.89. The lowest BCUT2D eigenvalue weighted by Gasteiger charge is -2.06. The molecule has 1 N–H and O–H groups in total. The van der Waals surface area contributed by atoms with Gasteiger partial charge in [-0.15, -0.1) is 0 Å². The summed E-state index contributed by atoms with van der Waals surface area (Å²) in [5.41, 5.74) is 3.68. The van der Waals surface area contributed by atoms with E-state index in [4.69, 9.17) is 0 Å². The smallest absolute Gasteiger partial charge is 0.224 e. The van der Waals surface area contributed by atoms with Gasteiger partial charge in [-0.2, -0.15) is 0 Å². The molecule has 0 atom stereocenters. The molecule has 0 saturated carbocycles. The first kappa shape index (κ1) is 15.0. The van der Waals surface area contributed by atoms with Crippen molar-refractivity contribution in [2.75, 3.05) is 5.32 Å². The van der Waals surface area contributed by atoms with Gasteiger partial charge in [-0.1, -0.05) is 30.3 Å². The topological polar surface area (TPSA) is 46.2 Å². The molecule has 1 amide bonds. The van der Waals surface area contributed by atoms with Gasteiger partial charge in [-0.3, -0.25) is 9.59 Å². The number of carbonyl (C=O) groups excluding carboxylic acids is 2. The molecule has 3 nitrogen and oxygen atoms in total. The summed E-state index contributed by atoms with van der Waals surface area (Å²) >= 11 is 0. The van der Waals surface area contributed by atoms with Crippen LogP contribution in [0, 0.1) is 13.8 Å². The highest BCUT2D eigenvalue weighted by Crippen LogP contribution is 2.13. The molecule has 0 heterocycles. The van der Waals surface area contributed by atoms with Crippen LogP contribution in [-0.2, 0) is 4.79 Å². The minimum atomic E-state index is -0.140. The van der Waals surface area contributed by atoms with Crippen LogP contribution in [0.25, 0.3) is 0 Å². The van der Waals surface area contributed by atoms with E-state index in [0.717, 1.165) is 16.8 Å². The highest BCUT2D eigenvalue weighted by Gasteiger charge is 2.10. The Morgan fingerprint density at radius 2 is 1.62 bits per heavy atom. The van der Waals surface area contributed by atoms with E-state index in [1.807, 2.05) is 62.4 Å². The summed E-state index contributed by atoms with van der Waals surface area (Å²) in [6.07, 6.45) is 0.418. The molecule has 0 radical (unpaired) electrons. The molecule has 2 rings (SSSR count). The van der Waals surface area contributed by atoms with Gasteiger partial charge in [-0.05, 0) is 43.2 Å². The largest absolute Gasteiger partial charge is 0.326 e. The Bertz CT molecular complexity index is 648. The van der Waals surface area contributed by atoms with E-state index in [2.05, 4.69) is 5.32 Å². The lowest BCUT2D eigenvalue weighted by molar-refractivity contribution is -0.116. The molecule has 0 saturated heterocycles. The van der Waals surface area contributed by atoms with Crippen molar-refractivity contribution in [1.29, 1.82) is 0 Å². The number of ketones is 1. The third kappa shape index (κ3) is 4.28. The predicted octanol–water partition coefficient (Wildman–Crippen LogP) is 3.91. The van der Waals surface area contributed by atoms with Gasteiger partial charge in [0.05, 0.1) is 0 Å². The van der Waals surface area contributed by atoms with Crippen LogP contribution in [0.4, 0.5) is 5.69 Å². The van der Waals surface area contributed by atoms with Crippen molar-refractivity contribution in [3.05, 3.63) is 65.2 Å². The molecule has 3 heteroatoms. The van der Waals surface area contributed by atoms with Crippen molar-refractivity contribution in [3.63, 3.8) is 0 Å². The Morgan fingerprint density at radius 1 is 0.905 bits per heavy atom. The fourth-order valence-corrected chi connectivity index (χ4v) is 2.03. The van der Waals surface area contributed by atoms with Crippen molar-refractivity contribution in [1.82, 2.24) is 0 Å². The molecule has 0 aliphatic heterocycles. The van der Waals surface area contributed by atoms with Gasteiger partial charge in [0.1, 0.15) is 0 Å². The van der Waals surface area contributed by atoms with Crippen LogP contribution < -0.4 is 5.32 Å². The van der Waals surface area contributed by atoms with Crippen LogP contribution in [0.2, 0.25) is 0 Å². The van der Waals surface area contributed by atoms with E-state index in [0.29, 0.717) is 5.56 Å². The number of aryl methyl sites for hydroxylation is 2. The molecule has 2 aromatic carbocycles. The van der Waals surface area contributed by atoms with E-state index in [1.54, 1.807) is 0 Å². The second kappa shape index (κ2) is 6.84. The van der Waals surface area contributed by atoms with Gasteiger partial charge in [0.25, 0.3) is 0 Å². The van der Waals surface area contributed by atoms with E-state index in [-0.39, 0.29) is 24.5 Å². The summed E-state index contributed by atoms with van der Waals surface area (Å²) in [7, 11) is 0. The Kier molecular flexibility index (Phi) is 4.88. The molecule has 21 heavy (non-hydrogen) atoms. The predicted molar refractivity (Wildman–Crippen MR) is 84.6 cm³/mol. The standard InChI is InChI=1S/C18H19NO2/c1-13-8-9-15(12-14(13)2)17(20)10-11-18(21)19-16-6-4-3-5-7-16/h3-9,12H,10-11H2,1-2H3,(H,19,21). The summed E-state index contributed by atoms with van der Waals surface area (Å²) in [6.45, 7) is 3.99. The van der Waals surface area contributed by atoms with Crippen molar-refractivity contribution in [2.45, 2.75) is 26.7 Å². The van der Waals surface area contributed by atoms with Crippen LogP contribution in [0.15, 0.2) is 48.5 Å². The minimum Gasteiger partial charge on any atom is -0.326 e. The zero-order valence-corrected chi connectivity index (χ0v) is 12.3. The summed E-state index contributed by atoms with van der Waals surface area (Å²) in [5.74, 6) is -0.139. The maximum absolute atomic E-state index is 12.1. The molecule has 0 fully saturated rings. The monoisotopic (exact) mass is 281 g/mol. The van der Waals surface area contributed by atoms with Crippen LogP contribution in [0.5, 0.6) is 0 Å². The van der Waals surface area contributed by atoms with Crippen LogP contribution in [0.3, 0.4) is 0 Å². The third-order valence-electron chi connectivity index (χ3n) is 3.47. The number of benzene rings is 2. The lowest BCUT2D eigenvalue weighted by Crippen LogP contribution is -2.13. The zero-order valence-electron chi connectivity index (χ0n) is 12.3. The third-order valence-corrected chi connectivity index (χ3v) is 3.47. The second-order valence-electron chi connectivity index (χ2n) is 5.14. The molecule has 0 unspecified atom stereocenters. The maximum Gasteiger partial charge on any atom is 0.224 e. The average molecular weight is 281 g/mol. The van der Waals surface area contributed by atoms with Crippen LogP contribution in [0.1, 0.15) is 34.3 Å². The van der Waals surface area contributed by atoms with Gasteiger partial charge in [-0.25, -0.2) is 0 Å². The second-order valence-corrected chi connectivity index (χ2v) is 5.14. The number of carbonyl (C=O) groups is 2. The van der Waals surface area contributed by atoms with Crippen LogP contribution in [-0.4, -0.2) is 11.7 Å². The summed E-state index contributed by atoms with van der Waals surface area (Å²) in [4.78, 5) is 23.9. The van der Waals surface area contributed by atoms with E-state index >= 15 is 0 Å². The molecular formula is C18H19NO2. The first-order valence-corrected chi connectivity index (χ1v) is 7.01. The molecule has 2 aromatic rings. The fraction of sp³-hybridized carbons (Fsp3) is 0.222. The van der Waals surface area contributed by atoms with E-state index in [1.165, 1.54) is 0 Å². The molecule has 0 spiro atoms. The number of hydrogen-bond donors (Lipinski definition) is 1. The summed E-state index contributed by atoms with van der Waals surface area (Å²) in [5, 5.41) is 2.78. The van der Waals surface area contributed by atoms with Gasteiger partial charge in [0, 0.05) is 24.1 Å². The summed E-state index contributed by atoms with van der Waals surface area (Å²) < 4.78 is 0. The number of rotatable bonds is 5. The van der Waals surface area contributed by atoms with Crippen molar-refractivity contribution in [2.24, 2.45) is 0 Å². The van der Waals surface area contributed by atoms with E-state index in [9.17, 15) is 9.59 Å². The van der Waals surface area contributed by atoms with Crippen molar-refractivity contribution < 1.29 is 9.59 Å². The molecule has 108 valence electrons. The van der Waals surface area contributed by atoms with Gasteiger partial charge >= 0.3 is 0 Å². The Morgan fingerprint density at radius 3 is 2.29 bits per heavy atom. The number of hydrogen-bond acceptors (Lipinski definition) is 2. The molecular weight excluding hydrogens is 262 g/mol. The average Bonchev–Trinajstić information content (AvgIpc) is 2.48. The summed E-state index contributed by atoms with van der Waals surface area (Å²) in [6, 6.07) is 14.9. The van der Waals surface area contributed by atoms with Crippen molar-refractivity contribution >= 4 is 17.4 Å². The van der Waals surface area contributed by atoms with Gasteiger partial charge < -0.3 is 5.32 Å². The lowest BCUT2D eigenvalue weighted by atomic mass is 10.0. The maximum atomic E-state index is 12.1. The number of nitrogens with one attached hydrogen (secondary N) is 1. The minimum absolute atomic E-state index is 0.00121. The first-order valence-electron chi connectivity index (χ1n) is 7.01. The SMILES string of the molecule is Cc1ccc(C(=O)CCC(=O)Nc2ccccc2)cc1C. The van der Waals surface area contributed by atoms with Crippen LogP contribution >= 0.6 is 0 Å². The van der Waals surface area contributed by atoms with Crippen molar-refractivity contribution in [3.8, 4) is 0 Å². The molecule has 0 aliphatic rings. The normalized spacial score (nSPS) is 10.2.